The van der Waals surface area contributed by atoms with Gasteiger partial charge in [-0.25, -0.2) is 4.99 Å². The van der Waals surface area contributed by atoms with Gasteiger partial charge in [-0.1, -0.05) is 6.08 Å². The summed E-state index contributed by atoms with van der Waals surface area (Å²) >= 11 is 0. The Hall–Kier alpha value is -1.48. The summed E-state index contributed by atoms with van der Waals surface area (Å²) in [5, 5.41) is 6.64. The number of aliphatic imine (C=N–C) groups is 1. The molecular formula is C20H32IN3O3. The second-order valence-corrected chi connectivity index (χ2v) is 6.19. The van der Waals surface area contributed by atoms with Crippen molar-refractivity contribution >= 4 is 29.9 Å². The molecule has 27 heavy (non-hydrogen) atoms. The molecule has 0 radical (unpaired) electrons. The molecule has 0 spiro atoms. The molecule has 1 aromatic rings. The molecule has 1 atom stereocenters. The van der Waals surface area contributed by atoms with Gasteiger partial charge in [0.05, 0.1) is 26.9 Å². The number of hydrogen-bond donors (Lipinski definition) is 2. The van der Waals surface area contributed by atoms with Crippen LogP contribution in [0.15, 0.2) is 29.8 Å². The Morgan fingerprint density at radius 2 is 2.15 bits per heavy atom. The summed E-state index contributed by atoms with van der Waals surface area (Å²) in [4.78, 5) is 4.69. The predicted octanol–water partition coefficient (Wildman–Crippen LogP) is 3.28. The molecule has 1 heterocycles. The summed E-state index contributed by atoms with van der Waals surface area (Å²) in [6, 6.07) is 4.06. The minimum Gasteiger partial charge on any atom is -0.493 e. The second kappa shape index (κ2) is 12.8. The van der Waals surface area contributed by atoms with Gasteiger partial charge in [0.2, 0.25) is 0 Å². The molecule has 0 saturated carbocycles. The second-order valence-electron chi connectivity index (χ2n) is 6.19. The molecule has 7 heteroatoms. The molecule has 1 fully saturated rings. The van der Waals surface area contributed by atoms with Crippen molar-refractivity contribution in [3.05, 3.63) is 35.9 Å². The van der Waals surface area contributed by atoms with Crippen LogP contribution in [0, 0.1) is 0 Å². The normalized spacial score (nSPS) is 16.4. The Balaban J connectivity index is 0.00000364. The molecule has 6 nitrogen and oxygen atoms in total. The highest BCUT2D eigenvalue weighted by Gasteiger charge is 2.16. The van der Waals surface area contributed by atoms with Crippen LogP contribution in [0.1, 0.15) is 30.9 Å². The smallest absolute Gasteiger partial charge is 0.191 e. The lowest BCUT2D eigenvalue weighted by molar-refractivity contribution is 0.114. The molecule has 0 bridgehead atoms. The third kappa shape index (κ3) is 7.21. The summed E-state index contributed by atoms with van der Waals surface area (Å²) in [7, 11) is 3.30. The number of allylic oxidation sites excluding steroid dienone is 1. The van der Waals surface area contributed by atoms with Gasteiger partial charge in [-0.05, 0) is 43.9 Å². The molecule has 152 valence electrons. The van der Waals surface area contributed by atoms with Gasteiger partial charge in [-0.3, -0.25) is 0 Å². The molecule has 0 aromatic heterocycles. The summed E-state index contributed by atoms with van der Waals surface area (Å²) in [6.45, 7) is 8.87. The summed E-state index contributed by atoms with van der Waals surface area (Å²) in [6.07, 6.45) is 5.09. The molecule has 0 amide bonds. The zero-order chi connectivity index (χ0) is 18.8. The topological polar surface area (TPSA) is 64.1 Å². The van der Waals surface area contributed by atoms with Crippen molar-refractivity contribution < 1.29 is 14.2 Å². The van der Waals surface area contributed by atoms with Gasteiger partial charge < -0.3 is 24.8 Å². The van der Waals surface area contributed by atoms with E-state index in [4.69, 9.17) is 19.2 Å². The van der Waals surface area contributed by atoms with E-state index in [0.29, 0.717) is 13.0 Å². The lowest BCUT2D eigenvalue weighted by Gasteiger charge is -2.16. The largest absolute Gasteiger partial charge is 0.493 e. The first-order chi connectivity index (χ1) is 12.7. The van der Waals surface area contributed by atoms with Crippen molar-refractivity contribution in [3.8, 4) is 11.5 Å². The van der Waals surface area contributed by atoms with Crippen molar-refractivity contribution in [1.82, 2.24) is 10.6 Å². The van der Waals surface area contributed by atoms with Crippen molar-refractivity contribution in [2.24, 2.45) is 4.99 Å². The Labute approximate surface area is 179 Å². The molecule has 1 aliphatic heterocycles. The number of ether oxygens (including phenoxy) is 3. The highest BCUT2D eigenvalue weighted by molar-refractivity contribution is 14.0. The predicted molar refractivity (Wildman–Crippen MR) is 121 cm³/mol. The Kier molecular flexibility index (Phi) is 11.2. The standard InChI is InChI=1S/C20H31N3O3.HI/c1-5-8-16-11-15(12-18(24-3)19(16)25-4)13-22-20(21-6-2)23-14-17-9-7-10-26-17;/h5,11-12,17H,1,6-10,13-14H2,2-4H3,(H2,21,22,23);1H. The summed E-state index contributed by atoms with van der Waals surface area (Å²) in [5.41, 5.74) is 2.11. The van der Waals surface area contributed by atoms with E-state index < -0.39 is 0 Å². The summed E-state index contributed by atoms with van der Waals surface area (Å²) < 4.78 is 16.6. The average Bonchev–Trinajstić information content (AvgIpc) is 3.17. The minimum absolute atomic E-state index is 0. The molecule has 0 aliphatic carbocycles. The first-order valence-electron chi connectivity index (χ1n) is 9.20. The first kappa shape index (κ1) is 23.6. The van der Waals surface area contributed by atoms with Crippen molar-refractivity contribution in [2.75, 3.05) is 33.9 Å². The van der Waals surface area contributed by atoms with Crippen LogP contribution in [0.2, 0.25) is 0 Å². The van der Waals surface area contributed by atoms with Crippen molar-refractivity contribution in [2.45, 2.75) is 38.8 Å². The SMILES string of the molecule is C=CCc1cc(CN=C(NCC)NCC2CCCO2)cc(OC)c1OC.I. The number of nitrogens with one attached hydrogen (secondary N) is 2. The molecule has 1 aromatic carbocycles. The van der Waals surface area contributed by atoms with E-state index in [2.05, 4.69) is 30.2 Å². The van der Waals surface area contributed by atoms with E-state index in [1.807, 2.05) is 12.1 Å². The highest BCUT2D eigenvalue weighted by atomic mass is 127. The fraction of sp³-hybridized carbons (Fsp3) is 0.550. The number of methoxy groups -OCH3 is 2. The van der Waals surface area contributed by atoms with E-state index in [1.165, 1.54) is 0 Å². The zero-order valence-corrected chi connectivity index (χ0v) is 18.9. The number of halogens is 1. The average molecular weight is 489 g/mol. The molecule has 1 saturated heterocycles. The number of guanidine groups is 1. The molecule has 1 unspecified atom stereocenters. The molecule has 1 aliphatic rings. The number of rotatable bonds is 9. The fourth-order valence-corrected chi connectivity index (χ4v) is 3.03. The van der Waals surface area contributed by atoms with E-state index in [1.54, 1.807) is 14.2 Å². The zero-order valence-electron chi connectivity index (χ0n) is 16.5. The molecule has 2 rings (SSSR count). The maximum Gasteiger partial charge on any atom is 0.191 e. The minimum atomic E-state index is 0. The van der Waals surface area contributed by atoms with Gasteiger partial charge in [-0.15, -0.1) is 30.6 Å². The first-order valence-corrected chi connectivity index (χ1v) is 9.20. The highest BCUT2D eigenvalue weighted by Crippen LogP contribution is 2.33. The number of benzene rings is 1. The van der Waals surface area contributed by atoms with Gasteiger partial charge in [-0.2, -0.15) is 0 Å². The summed E-state index contributed by atoms with van der Waals surface area (Å²) in [5.74, 6) is 2.26. The van der Waals surface area contributed by atoms with E-state index in [0.717, 1.165) is 61.1 Å². The number of hydrogen-bond acceptors (Lipinski definition) is 4. The molecular weight excluding hydrogens is 457 g/mol. The lowest BCUT2D eigenvalue weighted by Crippen LogP contribution is -2.41. The third-order valence-corrected chi connectivity index (χ3v) is 4.26. The van der Waals surface area contributed by atoms with E-state index in [9.17, 15) is 0 Å². The van der Waals surface area contributed by atoms with Crippen molar-refractivity contribution in [3.63, 3.8) is 0 Å². The Bertz CT molecular complexity index is 617. The quantitative estimate of drug-likeness (QED) is 0.241. The van der Waals surface area contributed by atoms with Crippen LogP contribution in [0.4, 0.5) is 0 Å². The maximum atomic E-state index is 5.66. The third-order valence-electron chi connectivity index (χ3n) is 4.26. The number of nitrogens with zero attached hydrogens (tertiary/aromatic N) is 1. The van der Waals surface area contributed by atoms with Crippen LogP contribution in [-0.4, -0.2) is 46.0 Å². The molecule has 2 N–H and O–H groups in total. The Morgan fingerprint density at radius 1 is 1.33 bits per heavy atom. The van der Waals surface area contributed by atoms with Gasteiger partial charge in [0, 0.05) is 25.3 Å². The Morgan fingerprint density at radius 3 is 2.74 bits per heavy atom. The van der Waals surface area contributed by atoms with Crippen LogP contribution < -0.4 is 20.1 Å². The van der Waals surface area contributed by atoms with Crippen LogP contribution in [0.25, 0.3) is 0 Å². The monoisotopic (exact) mass is 489 g/mol. The lowest BCUT2D eigenvalue weighted by atomic mass is 10.1. The van der Waals surface area contributed by atoms with Crippen LogP contribution in [0.3, 0.4) is 0 Å². The van der Waals surface area contributed by atoms with Crippen LogP contribution in [0.5, 0.6) is 11.5 Å². The van der Waals surface area contributed by atoms with E-state index >= 15 is 0 Å². The van der Waals surface area contributed by atoms with Crippen LogP contribution >= 0.6 is 24.0 Å². The van der Waals surface area contributed by atoms with Gasteiger partial charge >= 0.3 is 0 Å². The van der Waals surface area contributed by atoms with Gasteiger partial charge in [0.15, 0.2) is 17.5 Å². The van der Waals surface area contributed by atoms with Gasteiger partial charge in [0.1, 0.15) is 0 Å². The van der Waals surface area contributed by atoms with Gasteiger partial charge in [0.25, 0.3) is 0 Å². The van der Waals surface area contributed by atoms with E-state index in [-0.39, 0.29) is 30.1 Å². The maximum absolute atomic E-state index is 5.66. The fourth-order valence-electron chi connectivity index (χ4n) is 3.03. The van der Waals surface area contributed by atoms with Crippen molar-refractivity contribution in [1.29, 1.82) is 0 Å². The van der Waals surface area contributed by atoms with Crippen LogP contribution in [-0.2, 0) is 17.7 Å².